The molecular weight excluding hydrogens is 374 g/mol. The van der Waals surface area contributed by atoms with Crippen LogP contribution in [0.4, 0.5) is 0 Å². The minimum absolute atomic E-state index is 0.0709. The fraction of sp³-hybridized carbons (Fsp3) is 0.611. The first-order valence-corrected chi connectivity index (χ1v) is 10.9. The number of carbonyl (C=O) groups is 1. The molecule has 1 amide bonds. The van der Waals surface area contributed by atoms with Crippen molar-refractivity contribution in [1.29, 1.82) is 0 Å². The Balaban J connectivity index is 1.88. The number of piperidine rings is 1. The number of hydrogen-bond donors (Lipinski definition) is 1. The third-order valence-corrected chi connectivity index (χ3v) is 7.14. The third-order valence-electron chi connectivity index (χ3n) is 4.74. The van der Waals surface area contributed by atoms with E-state index in [0.717, 1.165) is 18.4 Å². The van der Waals surface area contributed by atoms with Crippen molar-refractivity contribution >= 4 is 27.7 Å². The molecule has 8 heteroatoms. The molecule has 1 heterocycles. The molecule has 1 aliphatic heterocycles. The SMILES string of the molecule is CCN(CC)S(=O)(=O)N1CCCC(C(=O)NCCc2ccc(Cl)cc2)C1. The minimum atomic E-state index is -3.48. The molecule has 1 saturated heterocycles. The van der Waals surface area contributed by atoms with Crippen molar-refractivity contribution in [1.82, 2.24) is 13.9 Å². The molecule has 1 aromatic carbocycles. The Morgan fingerprint density at radius 2 is 1.92 bits per heavy atom. The van der Waals surface area contributed by atoms with Crippen LogP contribution in [0, 0.1) is 5.92 Å². The van der Waals surface area contributed by atoms with E-state index in [0.29, 0.717) is 37.6 Å². The first kappa shape index (κ1) is 21.2. The van der Waals surface area contributed by atoms with Gasteiger partial charge in [0.15, 0.2) is 0 Å². The Bertz CT molecular complexity index is 690. The van der Waals surface area contributed by atoms with Gasteiger partial charge in [-0.1, -0.05) is 37.6 Å². The second-order valence-electron chi connectivity index (χ2n) is 6.46. The smallest absolute Gasteiger partial charge is 0.281 e. The number of nitrogens with zero attached hydrogens (tertiary/aromatic N) is 2. The highest BCUT2D eigenvalue weighted by molar-refractivity contribution is 7.86. The van der Waals surface area contributed by atoms with Crippen molar-refractivity contribution in [3.05, 3.63) is 34.9 Å². The zero-order chi connectivity index (χ0) is 19.2. The second-order valence-corrected chi connectivity index (χ2v) is 8.82. The van der Waals surface area contributed by atoms with Gasteiger partial charge < -0.3 is 5.32 Å². The molecule has 2 rings (SSSR count). The summed E-state index contributed by atoms with van der Waals surface area (Å²) < 4.78 is 28.2. The van der Waals surface area contributed by atoms with E-state index in [1.807, 2.05) is 38.1 Å². The highest BCUT2D eigenvalue weighted by Crippen LogP contribution is 2.21. The number of halogens is 1. The summed E-state index contributed by atoms with van der Waals surface area (Å²) in [7, 11) is -3.48. The first-order chi connectivity index (χ1) is 12.4. The van der Waals surface area contributed by atoms with Crippen LogP contribution in [0.3, 0.4) is 0 Å². The van der Waals surface area contributed by atoms with Crippen LogP contribution in [0.15, 0.2) is 24.3 Å². The summed E-state index contributed by atoms with van der Waals surface area (Å²) in [5, 5.41) is 3.63. The van der Waals surface area contributed by atoms with Crippen molar-refractivity contribution in [2.75, 3.05) is 32.7 Å². The van der Waals surface area contributed by atoms with Crippen LogP contribution in [-0.4, -0.2) is 55.7 Å². The van der Waals surface area contributed by atoms with Gasteiger partial charge >= 0.3 is 0 Å². The summed E-state index contributed by atoms with van der Waals surface area (Å²) >= 11 is 5.86. The normalized spacial score (nSPS) is 18.8. The summed E-state index contributed by atoms with van der Waals surface area (Å²) in [6, 6.07) is 7.53. The quantitative estimate of drug-likeness (QED) is 0.726. The highest BCUT2D eigenvalue weighted by atomic mass is 35.5. The van der Waals surface area contributed by atoms with Crippen molar-refractivity contribution in [2.45, 2.75) is 33.1 Å². The van der Waals surface area contributed by atoms with Crippen LogP contribution in [0.2, 0.25) is 5.02 Å². The van der Waals surface area contributed by atoms with Crippen molar-refractivity contribution in [2.24, 2.45) is 5.92 Å². The molecular formula is C18H28ClN3O3S. The van der Waals surface area contributed by atoms with E-state index in [4.69, 9.17) is 11.6 Å². The second kappa shape index (κ2) is 9.69. The summed E-state index contributed by atoms with van der Waals surface area (Å²) in [6.07, 6.45) is 2.14. The van der Waals surface area contributed by atoms with Crippen LogP contribution in [0.25, 0.3) is 0 Å². The fourth-order valence-corrected chi connectivity index (χ4v) is 5.04. The van der Waals surface area contributed by atoms with Gasteiger partial charge in [0.2, 0.25) is 5.91 Å². The Kier molecular flexibility index (Phi) is 7.88. The van der Waals surface area contributed by atoms with E-state index in [1.54, 1.807) is 0 Å². The molecule has 1 atom stereocenters. The molecule has 0 spiro atoms. The summed E-state index contributed by atoms with van der Waals surface area (Å²) in [6.45, 7) is 5.79. The van der Waals surface area contributed by atoms with Gasteiger partial charge in [0, 0.05) is 37.7 Å². The summed E-state index contributed by atoms with van der Waals surface area (Å²) in [4.78, 5) is 12.5. The van der Waals surface area contributed by atoms with E-state index >= 15 is 0 Å². The molecule has 0 bridgehead atoms. The van der Waals surface area contributed by atoms with Gasteiger partial charge in [0.25, 0.3) is 10.2 Å². The monoisotopic (exact) mass is 401 g/mol. The number of hydrogen-bond acceptors (Lipinski definition) is 3. The predicted molar refractivity (Wildman–Crippen MR) is 104 cm³/mol. The van der Waals surface area contributed by atoms with Gasteiger partial charge in [-0.3, -0.25) is 4.79 Å². The average Bonchev–Trinajstić information content (AvgIpc) is 2.64. The molecule has 1 fully saturated rings. The van der Waals surface area contributed by atoms with Crippen molar-refractivity contribution in [3.63, 3.8) is 0 Å². The zero-order valence-electron chi connectivity index (χ0n) is 15.4. The van der Waals surface area contributed by atoms with Crippen molar-refractivity contribution in [3.8, 4) is 0 Å². The highest BCUT2D eigenvalue weighted by Gasteiger charge is 2.34. The van der Waals surface area contributed by atoms with Gasteiger partial charge in [0.05, 0.1) is 5.92 Å². The molecule has 0 radical (unpaired) electrons. The van der Waals surface area contributed by atoms with E-state index < -0.39 is 10.2 Å². The van der Waals surface area contributed by atoms with Gasteiger partial charge in [-0.05, 0) is 37.0 Å². The topological polar surface area (TPSA) is 69.7 Å². The summed E-state index contributed by atoms with van der Waals surface area (Å²) in [5.41, 5.74) is 1.10. The molecule has 146 valence electrons. The molecule has 1 aromatic rings. The van der Waals surface area contributed by atoms with Gasteiger partial charge in [0.1, 0.15) is 0 Å². The lowest BCUT2D eigenvalue weighted by molar-refractivity contribution is -0.126. The maximum atomic E-state index is 12.7. The van der Waals surface area contributed by atoms with Crippen LogP contribution >= 0.6 is 11.6 Å². The van der Waals surface area contributed by atoms with Gasteiger partial charge in [-0.25, -0.2) is 0 Å². The van der Waals surface area contributed by atoms with Gasteiger partial charge in [-0.15, -0.1) is 0 Å². The van der Waals surface area contributed by atoms with Crippen LogP contribution in [0.1, 0.15) is 32.3 Å². The lowest BCUT2D eigenvalue weighted by atomic mass is 9.99. The van der Waals surface area contributed by atoms with E-state index in [2.05, 4.69) is 5.32 Å². The standard InChI is InChI=1S/C18H28ClN3O3S/c1-3-21(4-2)26(24,25)22-13-5-6-16(14-22)18(23)20-12-11-15-7-9-17(19)10-8-15/h7-10,16H,3-6,11-14H2,1-2H3,(H,20,23). The summed E-state index contributed by atoms with van der Waals surface area (Å²) in [5.74, 6) is -0.363. The van der Waals surface area contributed by atoms with Crippen molar-refractivity contribution < 1.29 is 13.2 Å². The van der Waals surface area contributed by atoms with Gasteiger partial charge in [-0.2, -0.15) is 17.0 Å². The largest absolute Gasteiger partial charge is 0.355 e. The van der Waals surface area contributed by atoms with Crippen LogP contribution in [0.5, 0.6) is 0 Å². The lowest BCUT2D eigenvalue weighted by Gasteiger charge is -2.34. The molecule has 1 unspecified atom stereocenters. The minimum Gasteiger partial charge on any atom is -0.355 e. The Morgan fingerprint density at radius 1 is 1.27 bits per heavy atom. The molecule has 1 aliphatic rings. The number of nitrogens with one attached hydrogen (secondary N) is 1. The Morgan fingerprint density at radius 3 is 2.54 bits per heavy atom. The number of benzene rings is 1. The fourth-order valence-electron chi connectivity index (χ4n) is 3.20. The predicted octanol–water partition coefficient (Wildman–Crippen LogP) is 2.30. The molecule has 0 aliphatic carbocycles. The molecule has 26 heavy (non-hydrogen) atoms. The maximum absolute atomic E-state index is 12.7. The number of carbonyl (C=O) groups excluding carboxylic acids is 1. The average molecular weight is 402 g/mol. The Labute approximate surface area is 161 Å². The van der Waals surface area contributed by atoms with E-state index in [-0.39, 0.29) is 18.4 Å². The van der Waals surface area contributed by atoms with Crippen LogP contribution < -0.4 is 5.32 Å². The zero-order valence-corrected chi connectivity index (χ0v) is 17.0. The lowest BCUT2D eigenvalue weighted by Crippen LogP contribution is -2.50. The Hall–Kier alpha value is -1.15. The number of rotatable bonds is 8. The maximum Gasteiger partial charge on any atom is 0.281 e. The first-order valence-electron chi connectivity index (χ1n) is 9.15. The molecule has 0 saturated carbocycles. The number of amides is 1. The molecule has 6 nitrogen and oxygen atoms in total. The third kappa shape index (κ3) is 5.42. The van der Waals surface area contributed by atoms with E-state index in [9.17, 15) is 13.2 Å². The van der Waals surface area contributed by atoms with E-state index in [1.165, 1.54) is 8.61 Å². The molecule has 0 aromatic heterocycles. The molecule has 1 N–H and O–H groups in total. The van der Waals surface area contributed by atoms with Crippen LogP contribution in [-0.2, 0) is 21.4 Å².